The molecule has 3 heteroatoms. The Balaban J connectivity index is 2.15. The first kappa shape index (κ1) is 12.1. The number of carboxylic acid groups (broad SMARTS) is 1. The van der Waals surface area contributed by atoms with Crippen LogP contribution < -0.4 is 5.32 Å². The molecular formula is C14H19NO2. The largest absolute Gasteiger partial charge is 0.480 e. The Bertz CT molecular complexity index is 424. The van der Waals surface area contributed by atoms with Crippen LogP contribution in [0.15, 0.2) is 18.2 Å². The molecule has 0 amide bonds. The number of nitrogens with one attached hydrogen (secondary N) is 1. The number of rotatable bonds is 5. The highest BCUT2D eigenvalue weighted by Gasteiger charge is 2.26. The van der Waals surface area contributed by atoms with Crippen LogP contribution in [0.1, 0.15) is 35.6 Å². The minimum absolute atomic E-state index is 0.573. The van der Waals surface area contributed by atoms with E-state index in [2.05, 4.69) is 5.32 Å². The van der Waals surface area contributed by atoms with E-state index in [0.29, 0.717) is 5.92 Å². The van der Waals surface area contributed by atoms with E-state index in [9.17, 15) is 9.90 Å². The van der Waals surface area contributed by atoms with E-state index in [0.717, 1.165) is 23.2 Å². The lowest BCUT2D eigenvalue weighted by atomic mass is 9.99. The van der Waals surface area contributed by atoms with Crippen molar-refractivity contribution in [1.82, 2.24) is 5.32 Å². The Kier molecular flexibility index (Phi) is 3.48. The number of aliphatic carboxylic acids is 1. The zero-order valence-electron chi connectivity index (χ0n) is 10.4. The average Bonchev–Trinajstić information content (AvgIpc) is 3.04. The normalized spacial score (nSPS) is 16.8. The van der Waals surface area contributed by atoms with Gasteiger partial charge in [0, 0.05) is 0 Å². The lowest BCUT2D eigenvalue weighted by molar-refractivity contribution is -0.139. The van der Waals surface area contributed by atoms with Crippen LogP contribution in [0.2, 0.25) is 0 Å². The van der Waals surface area contributed by atoms with E-state index in [-0.39, 0.29) is 0 Å². The van der Waals surface area contributed by atoms with Gasteiger partial charge in [-0.2, -0.15) is 0 Å². The monoisotopic (exact) mass is 233 g/mol. The molecule has 0 radical (unpaired) electrons. The summed E-state index contributed by atoms with van der Waals surface area (Å²) in [6, 6.07) is 5.35. The third-order valence-corrected chi connectivity index (χ3v) is 3.29. The van der Waals surface area contributed by atoms with Crippen LogP contribution in [0, 0.1) is 19.8 Å². The first-order chi connectivity index (χ1) is 8.08. The summed E-state index contributed by atoms with van der Waals surface area (Å²) in [5, 5.41) is 12.4. The van der Waals surface area contributed by atoms with Gasteiger partial charge in [-0.25, -0.2) is 0 Å². The molecule has 0 aromatic heterocycles. The third kappa shape index (κ3) is 3.07. The summed E-state index contributed by atoms with van der Waals surface area (Å²) in [4.78, 5) is 11.3. The summed E-state index contributed by atoms with van der Waals surface area (Å²) >= 11 is 0. The first-order valence-electron chi connectivity index (χ1n) is 6.11. The molecule has 1 aliphatic carbocycles. The van der Waals surface area contributed by atoms with Gasteiger partial charge in [-0.05, 0) is 50.3 Å². The topological polar surface area (TPSA) is 49.3 Å². The van der Waals surface area contributed by atoms with Gasteiger partial charge in [0.25, 0.3) is 0 Å². The van der Waals surface area contributed by atoms with Crippen LogP contribution in [-0.4, -0.2) is 17.6 Å². The molecule has 1 aromatic rings. The Morgan fingerprint density at radius 3 is 2.71 bits per heavy atom. The standard InChI is InChI=1S/C14H19NO2/c1-9-3-6-12(10(2)7-9)13(14(16)17)15-8-11-4-5-11/h3,6-7,11,13,15H,4-5,8H2,1-2H3,(H,16,17). The third-order valence-electron chi connectivity index (χ3n) is 3.29. The predicted octanol–water partition coefficient (Wildman–Crippen LogP) is 2.43. The number of hydrogen-bond acceptors (Lipinski definition) is 2. The highest BCUT2D eigenvalue weighted by atomic mass is 16.4. The molecule has 1 fully saturated rings. The fourth-order valence-electron chi connectivity index (χ4n) is 2.09. The van der Waals surface area contributed by atoms with Crippen molar-refractivity contribution in [3.8, 4) is 0 Å². The van der Waals surface area contributed by atoms with Crippen molar-refractivity contribution >= 4 is 5.97 Å². The van der Waals surface area contributed by atoms with Crippen LogP contribution in [0.3, 0.4) is 0 Å². The summed E-state index contributed by atoms with van der Waals surface area (Å²) in [6.45, 7) is 4.80. The van der Waals surface area contributed by atoms with Crippen LogP contribution in [0.25, 0.3) is 0 Å². The van der Waals surface area contributed by atoms with E-state index in [4.69, 9.17) is 0 Å². The minimum Gasteiger partial charge on any atom is -0.480 e. The Morgan fingerprint density at radius 1 is 1.47 bits per heavy atom. The van der Waals surface area contributed by atoms with Gasteiger partial charge in [0.15, 0.2) is 0 Å². The number of hydrogen-bond donors (Lipinski definition) is 2. The molecule has 2 N–H and O–H groups in total. The molecule has 0 aliphatic heterocycles. The summed E-state index contributed by atoms with van der Waals surface area (Å²) in [7, 11) is 0. The second-order valence-electron chi connectivity index (χ2n) is 4.98. The van der Waals surface area contributed by atoms with Crippen LogP contribution in [0.4, 0.5) is 0 Å². The van der Waals surface area contributed by atoms with Gasteiger partial charge in [0.05, 0.1) is 0 Å². The number of benzene rings is 1. The lowest BCUT2D eigenvalue weighted by Crippen LogP contribution is -2.30. The van der Waals surface area contributed by atoms with E-state index in [1.165, 1.54) is 12.8 Å². The van der Waals surface area contributed by atoms with Gasteiger partial charge in [0.1, 0.15) is 6.04 Å². The number of aryl methyl sites for hydroxylation is 2. The van der Waals surface area contributed by atoms with Gasteiger partial charge >= 0.3 is 5.97 Å². The summed E-state index contributed by atoms with van der Waals surface area (Å²) in [6.07, 6.45) is 2.46. The van der Waals surface area contributed by atoms with Crippen LogP contribution >= 0.6 is 0 Å². The molecule has 17 heavy (non-hydrogen) atoms. The van der Waals surface area contributed by atoms with Gasteiger partial charge in [-0.3, -0.25) is 4.79 Å². The molecule has 0 bridgehead atoms. The van der Waals surface area contributed by atoms with Crippen molar-refractivity contribution in [2.24, 2.45) is 5.92 Å². The second-order valence-corrected chi connectivity index (χ2v) is 4.98. The maximum atomic E-state index is 11.3. The average molecular weight is 233 g/mol. The number of carboxylic acids is 1. The van der Waals surface area contributed by atoms with Crippen molar-refractivity contribution in [3.63, 3.8) is 0 Å². The van der Waals surface area contributed by atoms with Crippen molar-refractivity contribution in [1.29, 1.82) is 0 Å². The highest BCUT2D eigenvalue weighted by molar-refractivity contribution is 5.76. The molecule has 1 unspecified atom stereocenters. The van der Waals surface area contributed by atoms with E-state index in [1.807, 2.05) is 32.0 Å². The Hall–Kier alpha value is -1.35. The van der Waals surface area contributed by atoms with E-state index in [1.54, 1.807) is 0 Å². The highest BCUT2D eigenvalue weighted by Crippen LogP contribution is 2.29. The molecule has 3 nitrogen and oxygen atoms in total. The maximum Gasteiger partial charge on any atom is 0.325 e. The summed E-state index contributed by atoms with van der Waals surface area (Å²) in [5.74, 6) is -0.111. The first-order valence-corrected chi connectivity index (χ1v) is 6.11. The smallest absolute Gasteiger partial charge is 0.325 e. The quantitative estimate of drug-likeness (QED) is 0.821. The molecule has 1 saturated carbocycles. The molecule has 1 atom stereocenters. The summed E-state index contributed by atoms with van der Waals surface area (Å²) in [5.41, 5.74) is 3.09. The zero-order chi connectivity index (χ0) is 12.4. The number of carbonyl (C=O) groups is 1. The SMILES string of the molecule is Cc1ccc(C(NCC2CC2)C(=O)O)c(C)c1. The Labute approximate surface area is 102 Å². The molecular weight excluding hydrogens is 214 g/mol. The maximum absolute atomic E-state index is 11.3. The van der Waals surface area contributed by atoms with Gasteiger partial charge in [0.2, 0.25) is 0 Å². The zero-order valence-corrected chi connectivity index (χ0v) is 10.4. The van der Waals surface area contributed by atoms with Crippen molar-refractivity contribution in [2.45, 2.75) is 32.7 Å². The van der Waals surface area contributed by atoms with E-state index >= 15 is 0 Å². The Morgan fingerprint density at radius 2 is 2.18 bits per heavy atom. The molecule has 0 heterocycles. The molecule has 0 saturated heterocycles. The lowest BCUT2D eigenvalue weighted by Gasteiger charge is -2.17. The molecule has 1 aromatic carbocycles. The van der Waals surface area contributed by atoms with E-state index < -0.39 is 12.0 Å². The van der Waals surface area contributed by atoms with Gasteiger partial charge in [-0.15, -0.1) is 0 Å². The van der Waals surface area contributed by atoms with Crippen molar-refractivity contribution in [3.05, 3.63) is 34.9 Å². The van der Waals surface area contributed by atoms with Gasteiger partial charge in [-0.1, -0.05) is 23.8 Å². The second kappa shape index (κ2) is 4.88. The van der Waals surface area contributed by atoms with Crippen molar-refractivity contribution < 1.29 is 9.90 Å². The molecule has 92 valence electrons. The summed E-state index contributed by atoms with van der Waals surface area (Å²) < 4.78 is 0. The van der Waals surface area contributed by atoms with Crippen LogP contribution in [-0.2, 0) is 4.79 Å². The molecule has 0 spiro atoms. The van der Waals surface area contributed by atoms with Crippen molar-refractivity contribution in [2.75, 3.05) is 6.54 Å². The fourth-order valence-corrected chi connectivity index (χ4v) is 2.09. The molecule has 1 aliphatic rings. The van der Waals surface area contributed by atoms with Gasteiger partial charge < -0.3 is 10.4 Å². The fraction of sp³-hybridized carbons (Fsp3) is 0.500. The molecule has 2 rings (SSSR count). The van der Waals surface area contributed by atoms with Crippen LogP contribution in [0.5, 0.6) is 0 Å². The minimum atomic E-state index is -0.794. The predicted molar refractivity (Wildman–Crippen MR) is 67.0 cm³/mol.